The van der Waals surface area contributed by atoms with E-state index in [-0.39, 0.29) is 23.3 Å². The number of aliphatic hydroxyl groups is 1. The van der Waals surface area contributed by atoms with E-state index in [0.717, 1.165) is 17.9 Å². The summed E-state index contributed by atoms with van der Waals surface area (Å²) >= 11 is 1.78. The van der Waals surface area contributed by atoms with E-state index in [1.54, 1.807) is 18.7 Å². The van der Waals surface area contributed by atoms with Crippen LogP contribution in [0.4, 0.5) is 0 Å². The fourth-order valence-electron chi connectivity index (χ4n) is 1.66. The highest BCUT2D eigenvalue weighted by molar-refractivity contribution is 7.99. The molecule has 19 heavy (non-hydrogen) atoms. The maximum Gasteiger partial charge on any atom is 0.244 e. The van der Waals surface area contributed by atoms with Crippen molar-refractivity contribution < 1.29 is 17.9 Å². The van der Waals surface area contributed by atoms with Crippen LogP contribution >= 0.6 is 11.8 Å². The summed E-state index contributed by atoms with van der Waals surface area (Å²) in [6.07, 6.45) is 0.779. The summed E-state index contributed by atoms with van der Waals surface area (Å²) in [6.45, 7) is 5.19. The van der Waals surface area contributed by atoms with Gasteiger partial charge in [-0.25, -0.2) is 13.1 Å². The van der Waals surface area contributed by atoms with Crippen LogP contribution in [0.2, 0.25) is 0 Å². The Balaban J connectivity index is 2.72. The fraction of sp³-hybridized carbons (Fsp3) is 0.667. The zero-order valence-corrected chi connectivity index (χ0v) is 13.1. The molecule has 0 aliphatic heterocycles. The van der Waals surface area contributed by atoms with Crippen LogP contribution in [0.15, 0.2) is 15.4 Å². The monoisotopic (exact) mass is 307 g/mol. The van der Waals surface area contributed by atoms with Gasteiger partial charge in [-0.3, -0.25) is 0 Å². The first kappa shape index (κ1) is 16.6. The maximum atomic E-state index is 12.2. The van der Waals surface area contributed by atoms with E-state index in [4.69, 9.17) is 9.52 Å². The normalized spacial score (nSPS) is 13.7. The largest absolute Gasteiger partial charge is 0.462 e. The zero-order valence-electron chi connectivity index (χ0n) is 11.5. The Morgan fingerprint density at radius 3 is 2.74 bits per heavy atom. The van der Waals surface area contributed by atoms with Crippen molar-refractivity contribution in [3.05, 3.63) is 17.6 Å². The first-order valence-corrected chi connectivity index (χ1v) is 8.84. The molecule has 1 rings (SSSR count). The average Bonchev–Trinajstić information content (AvgIpc) is 2.71. The van der Waals surface area contributed by atoms with Gasteiger partial charge in [0.1, 0.15) is 23.0 Å². The van der Waals surface area contributed by atoms with Gasteiger partial charge in [-0.2, -0.15) is 11.8 Å². The second kappa shape index (κ2) is 7.33. The highest BCUT2D eigenvalue weighted by atomic mass is 32.2. The first-order valence-electron chi connectivity index (χ1n) is 6.21. The number of nitrogens with one attached hydrogen (secondary N) is 1. The quantitative estimate of drug-likeness (QED) is 0.717. The molecule has 0 spiro atoms. The molecule has 0 fully saturated rings. The number of aryl methyl sites for hydroxylation is 1. The molecule has 0 aliphatic rings. The Hall–Kier alpha value is -0.500. The fourth-order valence-corrected chi connectivity index (χ4v) is 3.95. The summed E-state index contributed by atoms with van der Waals surface area (Å²) in [7, 11) is -3.58. The molecular formula is C12H21NO4S2. The number of hydrogen-bond acceptors (Lipinski definition) is 5. The number of aliphatic hydroxyl groups excluding tert-OH is 1. The van der Waals surface area contributed by atoms with E-state index < -0.39 is 10.0 Å². The zero-order chi connectivity index (χ0) is 14.5. The van der Waals surface area contributed by atoms with Gasteiger partial charge in [0.2, 0.25) is 10.0 Å². The van der Waals surface area contributed by atoms with Crippen LogP contribution in [0.5, 0.6) is 0 Å². The van der Waals surface area contributed by atoms with E-state index >= 15 is 0 Å². The van der Waals surface area contributed by atoms with Crippen molar-refractivity contribution in [2.24, 2.45) is 0 Å². The lowest BCUT2D eigenvalue weighted by Gasteiger charge is -2.13. The molecule has 0 radical (unpaired) electrons. The van der Waals surface area contributed by atoms with Crippen molar-refractivity contribution in [2.75, 3.05) is 11.5 Å². The molecule has 1 atom stereocenters. The van der Waals surface area contributed by atoms with Gasteiger partial charge in [0.25, 0.3) is 0 Å². The van der Waals surface area contributed by atoms with Crippen LogP contribution in [0.1, 0.15) is 31.8 Å². The van der Waals surface area contributed by atoms with Crippen molar-refractivity contribution in [3.8, 4) is 0 Å². The van der Waals surface area contributed by atoms with Gasteiger partial charge in [-0.15, -0.1) is 0 Å². The summed E-state index contributed by atoms with van der Waals surface area (Å²) < 4.78 is 32.1. The van der Waals surface area contributed by atoms with Crippen LogP contribution in [0, 0.1) is 6.92 Å². The lowest BCUT2D eigenvalue weighted by Crippen LogP contribution is -2.33. The predicted molar refractivity (Wildman–Crippen MR) is 76.8 cm³/mol. The minimum absolute atomic E-state index is 0.103. The molecule has 0 saturated carbocycles. The molecule has 2 N–H and O–H groups in total. The number of thioether (sulfide) groups is 1. The SMILES string of the molecule is CCSCCC(C)NS(=O)(=O)c1cc(CO)oc1C. The molecule has 5 nitrogen and oxygen atoms in total. The van der Waals surface area contributed by atoms with E-state index in [1.165, 1.54) is 6.07 Å². The standard InChI is InChI=1S/C12H21NO4S2/c1-4-18-6-5-9(2)13-19(15,16)12-7-11(8-14)17-10(12)3/h7,9,13-14H,4-6,8H2,1-3H3. The Morgan fingerprint density at radius 2 is 2.21 bits per heavy atom. The molecule has 7 heteroatoms. The topological polar surface area (TPSA) is 79.5 Å². The third-order valence-electron chi connectivity index (χ3n) is 2.62. The lowest BCUT2D eigenvalue weighted by molar-refractivity contribution is 0.244. The van der Waals surface area contributed by atoms with E-state index in [9.17, 15) is 8.42 Å². The van der Waals surface area contributed by atoms with Crippen LogP contribution < -0.4 is 4.72 Å². The Bertz CT molecular complexity index is 496. The number of furan rings is 1. The van der Waals surface area contributed by atoms with Crippen molar-refractivity contribution in [2.45, 2.75) is 44.7 Å². The number of hydrogen-bond donors (Lipinski definition) is 2. The second-order valence-corrected chi connectivity index (χ2v) is 7.38. The molecule has 0 aliphatic carbocycles. The van der Waals surface area contributed by atoms with Crippen LogP contribution in [0.25, 0.3) is 0 Å². The highest BCUT2D eigenvalue weighted by Crippen LogP contribution is 2.20. The molecule has 0 amide bonds. The van der Waals surface area contributed by atoms with E-state index in [2.05, 4.69) is 11.6 Å². The van der Waals surface area contributed by atoms with Gasteiger partial charge >= 0.3 is 0 Å². The molecule has 1 unspecified atom stereocenters. The van der Waals surface area contributed by atoms with E-state index in [1.807, 2.05) is 6.92 Å². The van der Waals surface area contributed by atoms with Gasteiger partial charge in [0.05, 0.1) is 0 Å². The van der Waals surface area contributed by atoms with Crippen LogP contribution in [-0.4, -0.2) is 31.1 Å². The highest BCUT2D eigenvalue weighted by Gasteiger charge is 2.22. The molecule has 110 valence electrons. The average molecular weight is 307 g/mol. The molecular weight excluding hydrogens is 286 g/mol. The molecule has 1 aromatic rings. The van der Waals surface area contributed by atoms with Gasteiger partial charge in [0.15, 0.2) is 0 Å². The van der Waals surface area contributed by atoms with Crippen molar-refractivity contribution >= 4 is 21.8 Å². The van der Waals surface area contributed by atoms with Crippen LogP contribution in [-0.2, 0) is 16.6 Å². The summed E-state index contributed by atoms with van der Waals surface area (Å²) in [5.74, 6) is 2.51. The predicted octanol–water partition coefficient (Wildman–Crippen LogP) is 1.89. The smallest absolute Gasteiger partial charge is 0.244 e. The Morgan fingerprint density at radius 1 is 1.53 bits per heavy atom. The molecule has 0 saturated heterocycles. The first-order chi connectivity index (χ1) is 8.90. The van der Waals surface area contributed by atoms with Crippen molar-refractivity contribution in [1.82, 2.24) is 4.72 Å². The van der Waals surface area contributed by atoms with Crippen LogP contribution in [0.3, 0.4) is 0 Å². The summed E-state index contributed by atoms with van der Waals surface area (Å²) in [5, 5.41) is 8.95. The molecule has 1 aromatic heterocycles. The molecule has 0 aromatic carbocycles. The summed E-state index contributed by atoms with van der Waals surface area (Å²) in [4.78, 5) is 0.103. The van der Waals surface area contributed by atoms with Gasteiger partial charge in [-0.05, 0) is 31.8 Å². The van der Waals surface area contributed by atoms with E-state index in [0.29, 0.717) is 5.76 Å². The van der Waals surface area contributed by atoms with Crippen molar-refractivity contribution in [1.29, 1.82) is 0 Å². The lowest BCUT2D eigenvalue weighted by atomic mass is 10.3. The second-order valence-electron chi connectivity index (χ2n) is 4.30. The number of sulfonamides is 1. The Kier molecular flexibility index (Phi) is 6.38. The molecule has 0 bridgehead atoms. The van der Waals surface area contributed by atoms with Gasteiger partial charge < -0.3 is 9.52 Å². The summed E-state index contributed by atoms with van der Waals surface area (Å²) in [6, 6.07) is 1.24. The van der Waals surface area contributed by atoms with Gasteiger partial charge in [-0.1, -0.05) is 6.92 Å². The third-order valence-corrected chi connectivity index (χ3v) is 5.25. The number of rotatable bonds is 8. The third kappa shape index (κ3) is 4.83. The minimum atomic E-state index is -3.58. The summed E-state index contributed by atoms with van der Waals surface area (Å²) in [5.41, 5.74) is 0. The maximum absolute atomic E-state index is 12.2. The van der Waals surface area contributed by atoms with Crippen molar-refractivity contribution in [3.63, 3.8) is 0 Å². The Labute approximate surface area is 118 Å². The van der Waals surface area contributed by atoms with Gasteiger partial charge in [0, 0.05) is 12.1 Å². The molecule has 1 heterocycles. The minimum Gasteiger partial charge on any atom is -0.462 e.